The Morgan fingerprint density at radius 2 is 1.95 bits per heavy atom. The molecule has 1 N–H and O–H groups in total. The predicted octanol–water partition coefficient (Wildman–Crippen LogP) is 4.03. The van der Waals surface area contributed by atoms with Crippen molar-refractivity contribution in [3.8, 4) is 0 Å². The van der Waals surface area contributed by atoms with Crippen LogP contribution in [0.3, 0.4) is 0 Å². The highest BCUT2D eigenvalue weighted by Crippen LogP contribution is 2.31. The standard InChI is InChI=1S/C16H18N2S/c1-10-11(2)17-15(18-16(10)19)14-8-7-12-5-3-4-6-13(12)9-14/h3-6,14H,7-9H2,1-2H3,(H,17,18,19). The molecule has 3 rings (SSSR count). The smallest absolute Gasteiger partial charge is 0.132 e. The fraction of sp³-hybridized carbons (Fsp3) is 0.375. The van der Waals surface area contributed by atoms with Crippen molar-refractivity contribution in [3.63, 3.8) is 0 Å². The van der Waals surface area contributed by atoms with Crippen LogP contribution in [0.5, 0.6) is 0 Å². The van der Waals surface area contributed by atoms with Gasteiger partial charge in [0.15, 0.2) is 0 Å². The second kappa shape index (κ2) is 4.89. The highest BCUT2D eigenvalue weighted by molar-refractivity contribution is 7.71. The van der Waals surface area contributed by atoms with Crippen molar-refractivity contribution in [1.82, 2.24) is 9.97 Å². The van der Waals surface area contributed by atoms with Gasteiger partial charge >= 0.3 is 0 Å². The molecule has 2 nitrogen and oxygen atoms in total. The highest BCUT2D eigenvalue weighted by atomic mass is 32.1. The third-order valence-electron chi connectivity index (χ3n) is 4.15. The number of aromatic nitrogens is 2. The summed E-state index contributed by atoms with van der Waals surface area (Å²) in [5, 5.41) is 0. The lowest BCUT2D eigenvalue weighted by atomic mass is 9.83. The number of rotatable bonds is 1. The van der Waals surface area contributed by atoms with Crippen LogP contribution in [0.15, 0.2) is 24.3 Å². The van der Waals surface area contributed by atoms with E-state index < -0.39 is 0 Å². The second-order valence-electron chi connectivity index (χ2n) is 5.39. The lowest BCUT2D eigenvalue weighted by Gasteiger charge is -2.24. The summed E-state index contributed by atoms with van der Waals surface area (Å²) in [5.74, 6) is 1.53. The number of hydrogen-bond acceptors (Lipinski definition) is 2. The minimum absolute atomic E-state index is 0.468. The first-order chi connectivity index (χ1) is 9.15. The first kappa shape index (κ1) is 12.5. The third kappa shape index (κ3) is 2.35. The second-order valence-corrected chi connectivity index (χ2v) is 5.77. The van der Waals surface area contributed by atoms with Crippen molar-refractivity contribution in [2.75, 3.05) is 0 Å². The quantitative estimate of drug-likeness (QED) is 0.793. The molecular formula is C16H18N2S. The molecule has 1 aliphatic rings. The van der Waals surface area contributed by atoms with Crippen molar-refractivity contribution < 1.29 is 0 Å². The van der Waals surface area contributed by atoms with Gasteiger partial charge in [-0.25, -0.2) is 4.98 Å². The lowest BCUT2D eigenvalue weighted by molar-refractivity contribution is 0.552. The van der Waals surface area contributed by atoms with Crippen LogP contribution in [0.2, 0.25) is 0 Å². The number of nitrogens with zero attached hydrogens (tertiary/aromatic N) is 1. The zero-order valence-electron chi connectivity index (χ0n) is 11.4. The molecule has 0 saturated carbocycles. The lowest BCUT2D eigenvalue weighted by Crippen LogP contribution is -2.16. The Balaban J connectivity index is 1.95. The molecule has 0 amide bonds. The predicted molar refractivity (Wildman–Crippen MR) is 80.1 cm³/mol. The Morgan fingerprint density at radius 3 is 2.68 bits per heavy atom. The molecule has 0 aliphatic heterocycles. The SMILES string of the molecule is Cc1[nH]c(C2CCc3ccccc3C2)nc(=S)c1C. The van der Waals surface area contributed by atoms with Crippen molar-refractivity contribution in [2.24, 2.45) is 0 Å². The number of H-pyrrole nitrogens is 1. The van der Waals surface area contributed by atoms with Crippen LogP contribution in [0.4, 0.5) is 0 Å². The minimum atomic E-state index is 0.468. The van der Waals surface area contributed by atoms with E-state index in [9.17, 15) is 0 Å². The highest BCUT2D eigenvalue weighted by Gasteiger charge is 2.21. The van der Waals surface area contributed by atoms with Crippen molar-refractivity contribution in [2.45, 2.75) is 39.0 Å². The monoisotopic (exact) mass is 270 g/mol. The summed E-state index contributed by atoms with van der Waals surface area (Å²) in [7, 11) is 0. The molecule has 98 valence electrons. The summed E-state index contributed by atoms with van der Waals surface area (Å²) in [6.07, 6.45) is 3.35. The van der Waals surface area contributed by atoms with E-state index in [-0.39, 0.29) is 0 Å². The molecule has 3 heteroatoms. The van der Waals surface area contributed by atoms with Gasteiger partial charge in [-0.3, -0.25) is 0 Å². The maximum absolute atomic E-state index is 5.34. The van der Waals surface area contributed by atoms with E-state index in [1.165, 1.54) is 11.1 Å². The summed E-state index contributed by atoms with van der Waals surface area (Å²) in [4.78, 5) is 8.03. The van der Waals surface area contributed by atoms with Crippen LogP contribution in [0.1, 0.15) is 40.5 Å². The van der Waals surface area contributed by atoms with Gasteiger partial charge in [0, 0.05) is 17.2 Å². The summed E-state index contributed by atoms with van der Waals surface area (Å²) in [6.45, 7) is 4.11. The molecule has 0 spiro atoms. The normalized spacial score (nSPS) is 18.1. The van der Waals surface area contributed by atoms with Gasteiger partial charge in [0.1, 0.15) is 10.5 Å². The van der Waals surface area contributed by atoms with Gasteiger partial charge in [-0.2, -0.15) is 0 Å². The molecule has 19 heavy (non-hydrogen) atoms. The van der Waals surface area contributed by atoms with Crippen LogP contribution < -0.4 is 0 Å². The van der Waals surface area contributed by atoms with E-state index in [0.29, 0.717) is 5.92 Å². The topological polar surface area (TPSA) is 28.7 Å². The van der Waals surface area contributed by atoms with Gasteiger partial charge in [0.2, 0.25) is 0 Å². The first-order valence-electron chi connectivity index (χ1n) is 6.79. The van der Waals surface area contributed by atoms with E-state index >= 15 is 0 Å². The molecule has 1 heterocycles. The van der Waals surface area contributed by atoms with Gasteiger partial charge in [-0.05, 0) is 44.2 Å². The summed E-state index contributed by atoms with van der Waals surface area (Å²) in [5.41, 5.74) is 5.18. The van der Waals surface area contributed by atoms with E-state index in [1.807, 2.05) is 6.92 Å². The van der Waals surface area contributed by atoms with Crippen LogP contribution in [-0.4, -0.2) is 9.97 Å². The van der Waals surface area contributed by atoms with Crippen LogP contribution in [0, 0.1) is 18.5 Å². The Labute approximate surface area is 118 Å². The van der Waals surface area contributed by atoms with Gasteiger partial charge in [-0.15, -0.1) is 0 Å². The van der Waals surface area contributed by atoms with Crippen LogP contribution in [-0.2, 0) is 12.8 Å². The number of nitrogens with one attached hydrogen (secondary N) is 1. The van der Waals surface area contributed by atoms with Crippen LogP contribution in [0.25, 0.3) is 0 Å². The van der Waals surface area contributed by atoms with Gasteiger partial charge in [0.25, 0.3) is 0 Å². The molecule has 2 aromatic rings. The Bertz CT molecular complexity index is 673. The van der Waals surface area contributed by atoms with Crippen molar-refractivity contribution >= 4 is 12.2 Å². The van der Waals surface area contributed by atoms with Crippen LogP contribution >= 0.6 is 12.2 Å². The van der Waals surface area contributed by atoms with Gasteiger partial charge in [0.05, 0.1) is 0 Å². The zero-order valence-corrected chi connectivity index (χ0v) is 12.2. The summed E-state index contributed by atoms with van der Waals surface area (Å²) in [6, 6.07) is 8.72. The first-order valence-corrected chi connectivity index (χ1v) is 7.20. The molecule has 1 aromatic heterocycles. The average molecular weight is 270 g/mol. The molecular weight excluding hydrogens is 252 g/mol. The molecule has 0 saturated heterocycles. The molecule has 1 aliphatic carbocycles. The maximum Gasteiger partial charge on any atom is 0.132 e. The number of benzene rings is 1. The minimum Gasteiger partial charge on any atom is -0.347 e. The Morgan fingerprint density at radius 1 is 1.21 bits per heavy atom. The van der Waals surface area contributed by atoms with Gasteiger partial charge in [-0.1, -0.05) is 36.5 Å². The fourth-order valence-electron chi connectivity index (χ4n) is 2.79. The number of aromatic amines is 1. The van der Waals surface area contributed by atoms with Gasteiger partial charge < -0.3 is 4.98 Å². The molecule has 1 aromatic carbocycles. The summed E-state index contributed by atoms with van der Waals surface area (Å²) < 4.78 is 0.741. The van der Waals surface area contributed by atoms with E-state index in [2.05, 4.69) is 41.2 Å². The summed E-state index contributed by atoms with van der Waals surface area (Å²) >= 11 is 5.34. The number of aryl methyl sites for hydroxylation is 2. The molecule has 1 atom stereocenters. The van der Waals surface area contributed by atoms with E-state index in [4.69, 9.17) is 12.2 Å². The molecule has 0 radical (unpaired) electrons. The Hall–Kier alpha value is -1.48. The molecule has 0 bridgehead atoms. The Kier molecular flexibility index (Phi) is 3.23. The van der Waals surface area contributed by atoms with E-state index in [1.54, 1.807) is 0 Å². The largest absolute Gasteiger partial charge is 0.347 e. The van der Waals surface area contributed by atoms with E-state index in [0.717, 1.165) is 41.0 Å². The molecule has 1 unspecified atom stereocenters. The third-order valence-corrected chi connectivity index (χ3v) is 4.55. The maximum atomic E-state index is 5.34. The molecule has 0 fully saturated rings. The fourth-order valence-corrected chi connectivity index (χ4v) is 3.04. The number of hydrogen-bond donors (Lipinski definition) is 1. The average Bonchev–Trinajstić information content (AvgIpc) is 2.43. The zero-order chi connectivity index (χ0) is 13.4. The number of fused-ring (bicyclic) bond motifs is 1. The van der Waals surface area contributed by atoms with Crippen molar-refractivity contribution in [1.29, 1.82) is 0 Å². The van der Waals surface area contributed by atoms with Crippen molar-refractivity contribution in [3.05, 3.63) is 57.1 Å².